The molecule has 3 heterocycles. The second kappa shape index (κ2) is 6.52. The molecule has 1 aromatic carbocycles. The van der Waals surface area contributed by atoms with Crippen molar-refractivity contribution in [2.24, 2.45) is 5.92 Å². The topological polar surface area (TPSA) is 54.0 Å². The maximum atomic E-state index is 12.2. The van der Waals surface area contributed by atoms with Crippen molar-refractivity contribution < 1.29 is 4.79 Å². The summed E-state index contributed by atoms with van der Waals surface area (Å²) < 4.78 is 1.12. The summed E-state index contributed by atoms with van der Waals surface area (Å²) in [5.74, 6) is 0.682. The molecule has 2 fully saturated rings. The van der Waals surface area contributed by atoms with Crippen LogP contribution in [0, 0.1) is 5.92 Å². The molecule has 1 amide bonds. The van der Waals surface area contributed by atoms with E-state index in [1.54, 1.807) is 11.3 Å². The van der Waals surface area contributed by atoms with Crippen molar-refractivity contribution in [1.82, 2.24) is 10.3 Å². The molecule has 2 unspecified atom stereocenters. The summed E-state index contributed by atoms with van der Waals surface area (Å²) in [6, 6.07) is 7.21. The molecule has 0 radical (unpaired) electrons. The minimum absolute atomic E-state index is 0. The van der Waals surface area contributed by atoms with Gasteiger partial charge in [0.15, 0.2) is 0 Å². The molecule has 0 spiro atoms. The lowest BCUT2D eigenvalue weighted by molar-refractivity contribution is -0.117. The van der Waals surface area contributed by atoms with Gasteiger partial charge >= 0.3 is 0 Å². The molecule has 0 aliphatic carbocycles. The molecule has 2 N–H and O–H groups in total. The number of benzene rings is 1. The molecular formula is C16H20ClN3OS. The summed E-state index contributed by atoms with van der Waals surface area (Å²) in [5, 5.41) is 6.66. The van der Waals surface area contributed by atoms with Gasteiger partial charge in [-0.2, -0.15) is 0 Å². The third kappa shape index (κ3) is 3.26. The van der Waals surface area contributed by atoms with Crippen LogP contribution in [0.2, 0.25) is 0 Å². The first-order valence-electron chi connectivity index (χ1n) is 7.65. The molecule has 6 heteroatoms. The summed E-state index contributed by atoms with van der Waals surface area (Å²) >= 11 is 1.60. The van der Waals surface area contributed by atoms with Crippen LogP contribution in [-0.4, -0.2) is 23.0 Å². The minimum Gasteiger partial charge on any atom is -0.326 e. The van der Waals surface area contributed by atoms with Crippen molar-refractivity contribution in [3.05, 3.63) is 23.7 Å². The van der Waals surface area contributed by atoms with Gasteiger partial charge in [-0.3, -0.25) is 4.79 Å². The monoisotopic (exact) mass is 337 g/mol. The molecule has 2 bridgehead atoms. The smallest absolute Gasteiger partial charge is 0.224 e. The van der Waals surface area contributed by atoms with Gasteiger partial charge in [0.25, 0.3) is 0 Å². The number of hydrogen-bond donors (Lipinski definition) is 2. The standard InChI is InChI=1S/C16H19N3OS.ClH/c20-16(7-10-5-11-1-2-12(6-10)18-11)19-13-3-4-14-15(8-13)21-9-17-14;/h3-4,8-12,18H,1-2,5-7H2,(H,19,20);1H. The van der Waals surface area contributed by atoms with E-state index in [1.807, 2.05) is 23.7 Å². The molecule has 2 aromatic rings. The van der Waals surface area contributed by atoms with Gasteiger partial charge in [-0.25, -0.2) is 4.98 Å². The van der Waals surface area contributed by atoms with Crippen LogP contribution in [0.3, 0.4) is 0 Å². The number of carbonyl (C=O) groups excluding carboxylic acids is 1. The number of piperidine rings is 1. The summed E-state index contributed by atoms with van der Waals surface area (Å²) in [7, 11) is 0. The number of nitrogens with zero attached hydrogens (tertiary/aromatic N) is 1. The Bertz CT molecular complexity index is 662. The first kappa shape index (κ1) is 15.7. The fraction of sp³-hybridized carbons (Fsp3) is 0.500. The van der Waals surface area contributed by atoms with E-state index in [1.165, 1.54) is 12.8 Å². The molecular weight excluding hydrogens is 318 g/mol. The average Bonchev–Trinajstić information content (AvgIpc) is 3.04. The Morgan fingerprint density at radius 1 is 1.32 bits per heavy atom. The van der Waals surface area contributed by atoms with Gasteiger partial charge in [-0.05, 0) is 49.8 Å². The minimum atomic E-state index is 0. The third-order valence-electron chi connectivity index (χ3n) is 4.66. The van der Waals surface area contributed by atoms with Gasteiger partial charge in [0.05, 0.1) is 15.7 Å². The molecule has 1 aromatic heterocycles. The van der Waals surface area contributed by atoms with Gasteiger partial charge in [0, 0.05) is 24.2 Å². The highest BCUT2D eigenvalue weighted by molar-refractivity contribution is 7.16. The zero-order valence-corrected chi connectivity index (χ0v) is 13.9. The quantitative estimate of drug-likeness (QED) is 0.900. The Morgan fingerprint density at radius 2 is 2.09 bits per heavy atom. The summed E-state index contributed by atoms with van der Waals surface area (Å²) in [6.07, 6.45) is 5.51. The van der Waals surface area contributed by atoms with Gasteiger partial charge in [-0.15, -0.1) is 23.7 Å². The summed E-state index contributed by atoms with van der Waals surface area (Å²) in [4.78, 5) is 16.5. The van der Waals surface area contributed by atoms with E-state index >= 15 is 0 Å². The number of amides is 1. The van der Waals surface area contributed by atoms with E-state index in [9.17, 15) is 4.79 Å². The fourth-order valence-electron chi connectivity index (χ4n) is 3.75. The second-order valence-electron chi connectivity index (χ2n) is 6.26. The van der Waals surface area contributed by atoms with Crippen molar-refractivity contribution in [3.63, 3.8) is 0 Å². The lowest BCUT2D eigenvalue weighted by Crippen LogP contribution is -2.39. The Hall–Kier alpha value is -1.17. The third-order valence-corrected chi connectivity index (χ3v) is 5.45. The van der Waals surface area contributed by atoms with Crippen LogP contribution >= 0.6 is 23.7 Å². The van der Waals surface area contributed by atoms with Crippen molar-refractivity contribution in [3.8, 4) is 0 Å². The van der Waals surface area contributed by atoms with Crippen LogP contribution in [0.5, 0.6) is 0 Å². The van der Waals surface area contributed by atoms with Crippen LogP contribution in [0.15, 0.2) is 23.7 Å². The van der Waals surface area contributed by atoms with Crippen LogP contribution in [-0.2, 0) is 4.79 Å². The fourth-order valence-corrected chi connectivity index (χ4v) is 4.47. The molecule has 4 rings (SSSR count). The zero-order valence-electron chi connectivity index (χ0n) is 12.2. The maximum Gasteiger partial charge on any atom is 0.224 e. The van der Waals surface area contributed by atoms with Crippen molar-refractivity contribution in [2.75, 3.05) is 5.32 Å². The van der Waals surface area contributed by atoms with E-state index in [0.717, 1.165) is 28.7 Å². The molecule has 118 valence electrons. The Morgan fingerprint density at radius 3 is 2.86 bits per heavy atom. The molecule has 4 nitrogen and oxygen atoms in total. The maximum absolute atomic E-state index is 12.2. The van der Waals surface area contributed by atoms with Crippen molar-refractivity contribution in [1.29, 1.82) is 0 Å². The largest absolute Gasteiger partial charge is 0.326 e. The first-order chi connectivity index (χ1) is 10.3. The van der Waals surface area contributed by atoms with E-state index in [0.29, 0.717) is 24.4 Å². The number of hydrogen-bond acceptors (Lipinski definition) is 4. The van der Waals surface area contributed by atoms with Crippen LogP contribution < -0.4 is 10.6 Å². The van der Waals surface area contributed by atoms with E-state index in [2.05, 4.69) is 15.6 Å². The number of halogens is 1. The van der Waals surface area contributed by atoms with Gasteiger partial charge in [0.1, 0.15) is 0 Å². The Kier molecular flexibility index (Phi) is 4.66. The van der Waals surface area contributed by atoms with Gasteiger partial charge < -0.3 is 10.6 Å². The van der Waals surface area contributed by atoms with Crippen molar-refractivity contribution in [2.45, 2.75) is 44.2 Å². The van der Waals surface area contributed by atoms with Crippen LogP contribution in [0.1, 0.15) is 32.1 Å². The van der Waals surface area contributed by atoms with Crippen LogP contribution in [0.4, 0.5) is 5.69 Å². The molecule has 2 saturated heterocycles. The highest BCUT2D eigenvalue weighted by Gasteiger charge is 2.34. The van der Waals surface area contributed by atoms with E-state index in [4.69, 9.17) is 0 Å². The number of carbonyl (C=O) groups is 1. The summed E-state index contributed by atoms with van der Waals surface area (Å²) in [6.45, 7) is 0. The Labute approximate surface area is 140 Å². The highest BCUT2D eigenvalue weighted by atomic mass is 35.5. The molecule has 2 aliphatic heterocycles. The Balaban J connectivity index is 0.00000144. The highest BCUT2D eigenvalue weighted by Crippen LogP contribution is 2.33. The summed E-state index contributed by atoms with van der Waals surface area (Å²) in [5.41, 5.74) is 3.71. The van der Waals surface area contributed by atoms with E-state index in [-0.39, 0.29) is 18.3 Å². The number of fused-ring (bicyclic) bond motifs is 3. The number of rotatable bonds is 3. The van der Waals surface area contributed by atoms with Crippen molar-refractivity contribution >= 4 is 45.6 Å². The predicted octanol–water partition coefficient (Wildman–Crippen LogP) is 3.58. The molecule has 0 saturated carbocycles. The van der Waals surface area contributed by atoms with Gasteiger partial charge in [-0.1, -0.05) is 0 Å². The van der Waals surface area contributed by atoms with E-state index < -0.39 is 0 Å². The first-order valence-corrected chi connectivity index (χ1v) is 8.53. The number of anilines is 1. The second-order valence-corrected chi connectivity index (χ2v) is 7.15. The molecule has 2 atom stereocenters. The normalized spacial score (nSPS) is 26.6. The van der Waals surface area contributed by atoms with Gasteiger partial charge in [0.2, 0.25) is 5.91 Å². The SMILES string of the molecule is Cl.O=C(CC1CC2CCC(C1)N2)Nc1ccc2ncsc2c1. The molecule has 2 aliphatic rings. The lowest BCUT2D eigenvalue weighted by Gasteiger charge is -2.28. The predicted molar refractivity (Wildman–Crippen MR) is 92.8 cm³/mol. The lowest BCUT2D eigenvalue weighted by atomic mass is 9.89. The number of nitrogens with one attached hydrogen (secondary N) is 2. The number of thiazole rings is 1. The molecule has 22 heavy (non-hydrogen) atoms. The zero-order chi connectivity index (χ0) is 14.2. The van der Waals surface area contributed by atoms with Crippen LogP contribution in [0.25, 0.3) is 10.2 Å². The number of aromatic nitrogens is 1. The average molecular weight is 338 g/mol.